The number of likely N-dealkylation sites (tertiary alicyclic amines) is 1. The first-order valence-corrected chi connectivity index (χ1v) is 5.16. The van der Waals surface area contributed by atoms with E-state index in [1.807, 2.05) is 12.1 Å². The minimum Gasteiger partial charge on any atom is -0.478 e. The fourth-order valence-corrected chi connectivity index (χ4v) is 1.84. The van der Waals surface area contributed by atoms with Crippen molar-refractivity contribution < 1.29 is 14.7 Å². The second kappa shape index (κ2) is 3.96. The second-order valence-corrected chi connectivity index (χ2v) is 4.05. The highest BCUT2D eigenvalue weighted by Gasteiger charge is 2.29. The summed E-state index contributed by atoms with van der Waals surface area (Å²) >= 11 is 0. The van der Waals surface area contributed by atoms with Crippen molar-refractivity contribution in [2.75, 3.05) is 13.1 Å². The van der Waals surface area contributed by atoms with Crippen LogP contribution >= 0.6 is 0 Å². The lowest BCUT2D eigenvalue weighted by molar-refractivity contribution is -0.133. The van der Waals surface area contributed by atoms with E-state index >= 15 is 0 Å². The van der Waals surface area contributed by atoms with Crippen molar-refractivity contribution in [2.45, 2.75) is 12.8 Å². The molecule has 4 nitrogen and oxygen atoms in total. The SMILES string of the molecule is CC(=O)N1CC(c2ccc(C(=O)O)cc2)C1. The maximum atomic E-state index is 11.0. The second-order valence-electron chi connectivity index (χ2n) is 4.05. The van der Waals surface area contributed by atoms with Crippen LogP contribution in [0.4, 0.5) is 0 Å². The summed E-state index contributed by atoms with van der Waals surface area (Å²) in [5.41, 5.74) is 1.40. The summed E-state index contributed by atoms with van der Waals surface area (Å²) in [5.74, 6) is -0.462. The van der Waals surface area contributed by atoms with Crippen molar-refractivity contribution in [3.8, 4) is 0 Å². The van der Waals surface area contributed by atoms with Gasteiger partial charge in [-0.2, -0.15) is 0 Å². The van der Waals surface area contributed by atoms with Crippen LogP contribution in [0.2, 0.25) is 0 Å². The zero-order valence-electron chi connectivity index (χ0n) is 9.01. The Kier molecular flexibility index (Phi) is 2.64. The number of amides is 1. The predicted octanol–water partition coefficient (Wildman–Crippen LogP) is 1.33. The van der Waals surface area contributed by atoms with Gasteiger partial charge in [-0.3, -0.25) is 4.79 Å². The third-order valence-corrected chi connectivity index (χ3v) is 2.96. The van der Waals surface area contributed by atoms with Crippen LogP contribution in [0, 0.1) is 0 Å². The highest BCUT2D eigenvalue weighted by molar-refractivity contribution is 5.87. The first-order chi connectivity index (χ1) is 7.58. The maximum Gasteiger partial charge on any atom is 0.335 e. The van der Waals surface area contributed by atoms with Crippen LogP contribution in [0.15, 0.2) is 24.3 Å². The summed E-state index contributed by atoms with van der Waals surface area (Å²) in [6.07, 6.45) is 0. The molecule has 1 N–H and O–H groups in total. The number of carbonyl (C=O) groups is 2. The molecule has 0 spiro atoms. The van der Waals surface area contributed by atoms with Crippen LogP contribution in [0.1, 0.15) is 28.8 Å². The van der Waals surface area contributed by atoms with Gasteiger partial charge in [0, 0.05) is 25.9 Å². The van der Waals surface area contributed by atoms with Gasteiger partial charge in [-0.1, -0.05) is 12.1 Å². The number of aromatic carboxylic acids is 1. The Labute approximate surface area is 93.5 Å². The van der Waals surface area contributed by atoms with E-state index in [9.17, 15) is 9.59 Å². The molecule has 1 heterocycles. The monoisotopic (exact) mass is 219 g/mol. The van der Waals surface area contributed by atoms with Crippen molar-refractivity contribution in [3.05, 3.63) is 35.4 Å². The minimum atomic E-state index is -0.912. The van der Waals surface area contributed by atoms with Crippen LogP contribution in [-0.4, -0.2) is 35.0 Å². The molecule has 0 aliphatic carbocycles. The number of carboxylic acid groups (broad SMARTS) is 1. The molecule has 0 atom stereocenters. The molecule has 1 saturated heterocycles. The van der Waals surface area contributed by atoms with E-state index in [1.165, 1.54) is 0 Å². The summed E-state index contributed by atoms with van der Waals surface area (Å²) in [6.45, 7) is 3.03. The summed E-state index contributed by atoms with van der Waals surface area (Å²) in [4.78, 5) is 23.4. The van der Waals surface area contributed by atoms with Gasteiger partial charge in [0.1, 0.15) is 0 Å². The third-order valence-electron chi connectivity index (χ3n) is 2.96. The smallest absolute Gasteiger partial charge is 0.335 e. The molecule has 1 amide bonds. The lowest BCUT2D eigenvalue weighted by Crippen LogP contribution is -2.47. The number of nitrogens with zero attached hydrogens (tertiary/aromatic N) is 1. The van der Waals surface area contributed by atoms with Crippen LogP contribution < -0.4 is 0 Å². The van der Waals surface area contributed by atoms with Crippen molar-refractivity contribution in [3.63, 3.8) is 0 Å². The maximum absolute atomic E-state index is 11.0. The fourth-order valence-electron chi connectivity index (χ4n) is 1.84. The van der Waals surface area contributed by atoms with Gasteiger partial charge in [0.25, 0.3) is 0 Å². The van der Waals surface area contributed by atoms with Gasteiger partial charge in [0.05, 0.1) is 5.56 Å². The molecular formula is C12H13NO3. The molecular weight excluding hydrogens is 206 g/mol. The van der Waals surface area contributed by atoms with Crippen molar-refractivity contribution in [2.24, 2.45) is 0 Å². The lowest BCUT2D eigenvalue weighted by Gasteiger charge is -2.39. The van der Waals surface area contributed by atoms with Crippen LogP contribution in [0.3, 0.4) is 0 Å². The van der Waals surface area contributed by atoms with Crippen molar-refractivity contribution >= 4 is 11.9 Å². The Morgan fingerprint density at radius 1 is 1.25 bits per heavy atom. The van der Waals surface area contributed by atoms with Crippen molar-refractivity contribution in [1.29, 1.82) is 0 Å². The summed E-state index contributed by atoms with van der Waals surface area (Å²) in [7, 11) is 0. The van der Waals surface area contributed by atoms with Crippen LogP contribution in [0.5, 0.6) is 0 Å². The molecule has 0 unspecified atom stereocenters. The number of hydrogen-bond donors (Lipinski definition) is 1. The molecule has 0 bridgehead atoms. The average molecular weight is 219 g/mol. The molecule has 1 aliphatic heterocycles. The Morgan fingerprint density at radius 2 is 1.81 bits per heavy atom. The number of benzene rings is 1. The molecule has 4 heteroatoms. The summed E-state index contributed by atoms with van der Waals surface area (Å²) < 4.78 is 0. The third kappa shape index (κ3) is 1.91. The van der Waals surface area contributed by atoms with Gasteiger partial charge in [-0.15, -0.1) is 0 Å². The molecule has 16 heavy (non-hydrogen) atoms. The quantitative estimate of drug-likeness (QED) is 0.816. The Morgan fingerprint density at radius 3 is 2.25 bits per heavy atom. The van der Waals surface area contributed by atoms with Gasteiger partial charge in [-0.05, 0) is 17.7 Å². The Bertz CT molecular complexity index is 418. The molecule has 1 aliphatic rings. The largest absolute Gasteiger partial charge is 0.478 e. The van der Waals surface area contributed by atoms with Gasteiger partial charge in [-0.25, -0.2) is 4.79 Å². The van der Waals surface area contributed by atoms with Gasteiger partial charge in [0.2, 0.25) is 5.91 Å². The van der Waals surface area contributed by atoms with E-state index in [-0.39, 0.29) is 5.91 Å². The van der Waals surface area contributed by atoms with Crippen molar-refractivity contribution in [1.82, 2.24) is 4.90 Å². The average Bonchev–Trinajstić information content (AvgIpc) is 2.15. The molecule has 0 saturated carbocycles. The lowest BCUT2D eigenvalue weighted by atomic mass is 9.91. The zero-order valence-corrected chi connectivity index (χ0v) is 9.01. The molecule has 84 valence electrons. The van der Waals surface area contributed by atoms with E-state index in [2.05, 4.69) is 0 Å². The fraction of sp³-hybridized carbons (Fsp3) is 0.333. The molecule has 1 fully saturated rings. The molecule has 0 radical (unpaired) electrons. The number of rotatable bonds is 2. The molecule has 2 rings (SSSR count). The predicted molar refractivity (Wildman–Crippen MR) is 58.4 cm³/mol. The number of carboxylic acids is 1. The standard InChI is InChI=1S/C12H13NO3/c1-8(14)13-6-11(7-13)9-2-4-10(5-3-9)12(15)16/h2-5,11H,6-7H2,1H3,(H,15,16). The van der Waals surface area contributed by atoms with E-state index in [0.717, 1.165) is 18.7 Å². The highest BCUT2D eigenvalue weighted by atomic mass is 16.4. The normalized spacial score (nSPS) is 15.7. The van der Waals surface area contributed by atoms with E-state index in [4.69, 9.17) is 5.11 Å². The minimum absolute atomic E-state index is 0.0957. The summed E-state index contributed by atoms with van der Waals surface area (Å²) in [6, 6.07) is 6.86. The van der Waals surface area contributed by atoms with Crippen LogP contribution in [0.25, 0.3) is 0 Å². The van der Waals surface area contributed by atoms with Gasteiger partial charge >= 0.3 is 5.97 Å². The molecule has 0 aromatic heterocycles. The first-order valence-electron chi connectivity index (χ1n) is 5.16. The van der Waals surface area contributed by atoms with Gasteiger partial charge < -0.3 is 10.0 Å². The molecule has 1 aromatic rings. The Hall–Kier alpha value is -1.84. The highest BCUT2D eigenvalue weighted by Crippen LogP contribution is 2.26. The topological polar surface area (TPSA) is 57.6 Å². The number of hydrogen-bond acceptors (Lipinski definition) is 2. The van der Waals surface area contributed by atoms with E-state index in [0.29, 0.717) is 11.5 Å². The molecule has 1 aromatic carbocycles. The van der Waals surface area contributed by atoms with Crippen LogP contribution in [-0.2, 0) is 4.79 Å². The Balaban J connectivity index is 2.02. The van der Waals surface area contributed by atoms with E-state index in [1.54, 1.807) is 24.0 Å². The van der Waals surface area contributed by atoms with Gasteiger partial charge in [0.15, 0.2) is 0 Å². The van der Waals surface area contributed by atoms with E-state index < -0.39 is 5.97 Å². The zero-order chi connectivity index (χ0) is 11.7. The summed E-state index contributed by atoms with van der Waals surface area (Å²) in [5, 5.41) is 8.75. The first kappa shape index (κ1) is 10.7. The number of carbonyl (C=O) groups excluding carboxylic acids is 1.